The summed E-state index contributed by atoms with van der Waals surface area (Å²) in [6, 6.07) is 5.59. The maximum atomic E-state index is 13.3. The first-order chi connectivity index (χ1) is 7.66. The fourth-order valence-corrected chi connectivity index (χ4v) is 2.96. The monoisotopic (exact) mass is 285 g/mol. The van der Waals surface area contributed by atoms with Crippen molar-refractivity contribution in [2.75, 3.05) is 0 Å². The van der Waals surface area contributed by atoms with Crippen molar-refractivity contribution in [2.24, 2.45) is 11.7 Å². The molecule has 3 heteroatoms. The molecule has 1 nitrogen and oxygen atoms in total. The topological polar surface area (TPSA) is 26.0 Å². The molecule has 1 aromatic carbocycles. The maximum absolute atomic E-state index is 13.3. The molecule has 88 valence electrons. The van der Waals surface area contributed by atoms with Gasteiger partial charge < -0.3 is 5.73 Å². The Balaban J connectivity index is 2.05. The zero-order valence-corrected chi connectivity index (χ0v) is 10.8. The summed E-state index contributed by atoms with van der Waals surface area (Å²) in [5.41, 5.74) is 7.03. The van der Waals surface area contributed by atoms with Crippen LogP contribution in [0.4, 0.5) is 4.39 Å². The van der Waals surface area contributed by atoms with Gasteiger partial charge in [-0.2, -0.15) is 0 Å². The van der Waals surface area contributed by atoms with Crippen molar-refractivity contribution in [2.45, 2.75) is 38.1 Å². The van der Waals surface area contributed by atoms with Crippen molar-refractivity contribution < 1.29 is 4.39 Å². The molecule has 0 radical (unpaired) electrons. The molecule has 0 amide bonds. The van der Waals surface area contributed by atoms with E-state index in [1.807, 2.05) is 6.07 Å². The van der Waals surface area contributed by atoms with Gasteiger partial charge in [-0.05, 0) is 52.7 Å². The molecule has 0 heterocycles. The third-order valence-corrected chi connectivity index (χ3v) is 4.25. The highest BCUT2D eigenvalue weighted by atomic mass is 79.9. The molecule has 2 unspecified atom stereocenters. The maximum Gasteiger partial charge on any atom is 0.137 e. The molecule has 1 saturated carbocycles. The Labute approximate surface area is 104 Å². The van der Waals surface area contributed by atoms with E-state index >= 15 is 0 Å². The van der Waals surface area contributed by atoms with Crippen LogP contribution in [0.2, 0.25) is 0 Å². The van der Waals surface area contributed by atoms with Gasteiger partial charge >= 0.3 is 0 Å². The Bertz CT molecular complexity index is 367. The van der Waals surface area contributed by atoms with Gasteiger partial charge in [0.15, 0.2) is 0 Å². The second-order valence-corrected chi connectivity index (χ2v) is 5.50. The molecule has 1 aliphatic rings. The van der Waals surface area contributed by atoms with Gasteiger partial charge in [0.05, 0.1) is 4.47 Å². The molecule has 0 aromatic heterocycles. The summed E-state index contributed by atoms with van der Waals surface area (Å²) in [7, 11) is 0. The van der Waals surface area contributed by atoms with Crippen molar-refractivity contribution in [3.8, 4) is 0 Å². The van der Waals surface area contributed by atoms with Crippen molar-refractivity contribution in [1.29, 1.82) is 0 Å². The molecule has 1 aliphatic carbocycles. The molecule has 0 bridgehead atoms. The summed E-state index contributed by atoms with van der Waals surface area (Å²) in [6.45, 7) is 0. The van der Waals surface area contributed by atoms with Crippen LogP contribution in [0.25, 0.3) is 0 Å². The van der Waals surface area contributed by atoms with E-state index in [4.69, 9.17) is 5.73 Å². The van der Waals surface area contributed by atoms with Gasteiger partial charge in [0, 0.05) is 6.04 Å². The van der Waals surface area contributed by atoms with E-state index in [-0.39, 0.29) is 5.82 Å². The Hall–Kier alpha value is -0.410. The van der Waals surface area contributed by atoms with Gasteiger partial charge in [-0.25, -0.2) is 4.39 Å². The van der Waals surface area contributed by atoms with Crippen LogP contribution in [0.1, 0.15) is 31.2 Å². The van der Waals surface area contributed by atoms with Crippen molar-refractivity contribution >= 4 is 15.9 Å². The number of hydrogen-bond acceptors (Lipinski definition) is 1. The smallest absolute Gasteiger partial charge is 0.137 e. The van der Waals surface area contributed by atoms with Crippen molar-refractivity contribution in [3.05, 3.63) is 34.1 Å². The minimum absolute atomic E-state index is 0.169. The minimum atomic E-state index is -0.169. The first kappa shape index (κ1) is 12.1. The lowest BCUT2D eigenvalue weighted by Crippen LogP contribution is -2.28. The largest absolute Gasteiger partial charge is 0.328 e. The Morgan fingerprint density at radius 1 is 1.38 bits per heavy atom. The summed E-state index contributed by atoms with van der Waals surface area (Å²) >= 11 is 3.32. The first-order valence-corrected chi connectivity index (χ1v) is 6.64. The van der Waals surface area contributed by atoms with Crippen LogP contribution < -0.4 is 5.73 Å². The molecule has 1 fully saturated rings. The third-order valence-electron chi connectivity index (χ3n) is 3.36. The predicted molar refractivity (Wildman–Crippen MR) is 67.7 cm³/mol. The number of halogens is 2. The summed E-state index contributed by atoms with van der Waals surface area (Å²) in [5, 5.41) is 0. The van der Waals surface area contributed by atoms with E-state index in [1.54, 1.807) is 6.07 Å². The van der Waals surface area contributed by atoms with Crippen LogP contribution in [0.5, 0.6) is 0 Å². The zero-order valence-electron chi connectivity index (χ0n) is 9.26. The van der Waals surface area contributed by atoms with E-state index in [0.717, 1.165) is 24.8 Å². The lowest BCUT2D eigenvalue weighted by Gasteiger charge is -2.26. The lowest BCUT2D eigenvalue weighted by molar-refractivity contribution is 0.320. The second kappa shape index (κ2) is 5.28. The second-order valence-electron chi connectivity index (χ2n) is 4.71. The molecule has 0 saturated heterocycles. The summed E-state index contributed by atoms with van der Waals surface area (Å²) in [4.78, 5) is 0. The van der Waals surface area contributed by atoms with E-state index in [9.17, 15) is 4.39 Å². The van der Waals surface area contributed by atoms with E-state index in [2.05, 4.69) is 15.9 Å². The molecule has 2 atom stereocenters. The first-order valence-electron chi connectivity index (χ1n) is 5.85. The molecular weight excluding hydrogens is 269 g/mol. The Kier molecular flexibility index (Phi) is 3.98. The van der Waals surface area contributed by atoms with Crippen LogP contribution >= 0.6 is 15.9 Å². The average molecular weight is 286 g/mol. The summed E-state index contributed by atoms with van der Waals surface area (Å²) in [6.07, 6.45) is 5.57. The average Bonchev–Trinajstić information content (AvgIpc) is 2.25. The van der Waals surface area contributed by atoms with Gasteiger partial charge in [-0.15, -0.1) is 0 Å². The molecule has 0 spiro atoms. The number of benzene rings is 1. The highest BCUT2D eigenvalue weighted by Gasteiger charge is 2.20. The Morgan fingerprint density at radius 2 is 2.19 bits per heavy atom. The van der Waals surface area contributed by atoms with Crippen molar-refractivity contribution in [1.82, 2.24) is 0 Å². The van der Waals surface area contributed by atoms with Crippen LogP contribution in [-0.4, -0.2) is 6.04 Å². The van der Waals surface area contributed by atoms with E-state index in [0.29, 0.717) is 16.4 Å². The number of rotatable bonds is 2. The highest BCUT2D eigenvalue weighted by molar-refractivity contribution is 9.10. The molecular formula is C13H17BrFN. The van der Waals surface area contributed by atoms with Crippen LogP contribution in [0.15, 0.2) is 22.7 Å². The SMILES string of the molecule is NC1CCCC(Cc2cccc(F)c2Br)C1. The molecule has 2 rings (SSSR count). The van der Waals surface area contributed by atoms with Crippen LogP contribution in [-0.2, 0) is 6.42 Å². The minimum Gasteiger partial charge on any atom is -0.328 e. The highest BCUT2D eigenvalue weighted by Crippen LogP contribution is 2.29. The Morgan fingerprint density at radius 3 is 2.94 bits per heavy atom. The zero-order chi connectivity index (χ0) is 11.5. The van der Waals surface area contributed by atoms with Crippen LogP contribution in [0, 0.1) is 11.7 Å². The summed E-state index contributed by atoms with van der Waals surface area (Å²) in [5.74, 6) is 0.444. The number of hydrogen-bond donors (Lipinski definition) is 1. The molecule has 1 aromatic rings. The quantitative estimate of drug-likeness (QED) is 0.882. The van der Waals surface area contributed by atoms with E-state index < -0.39 is 0 Å². The predicted octanol–water partition coefficient (Wildman–Crippen LogP) is 3.65. The number of nitrogens with two attached hydrogens (primary N) is 1. The van der Waals surface area contributed by atoms with Gasteiger partial charge in [-0.1, -0.05) is 25.0 Å². The van der Waals surface area contributed by atoms with Gasteiger partial charge in [-0.3, -0.25) is 0 Å². The van der Waals surface area contributed by atoms with Crippen LogP contribution in [0.3, 0.4) is 0 Å². The lowest BCUT2D eigenvalue weighted by atomic mass is 9.82. The van der Waals surface area contributed by atoms with Gasteiger partial charge in [0.25, 0.3) is 0 Å². The standard InChI is InChI=1S/C13H17BrFN/c14-13-10(4-2-6-12(13)15)7-9-3-1-5-11(16)8-9/h2,4,6,9,11H,1,3,5,7-8,16H2. The fourth-order valence-electron chi connectivity index (χ4n) is 2.54. The third kappa shape index (κ3) is 2.83. The molecule has 0 aliphatic heterocycles. The molecule has 16 heavy (non-hydrogen) atoms. The fraction of sp³-hybridized carbons (Fsp3) is 0.538. The summed E-state index contributed by atoms with van der Waals surface area (Å²) < 4.78 is 14.0. The van der Waals surface area contributed by atoms with Crippen molar-refractivity contribution in [3.63, 3.8) is 0 Å². The van der Waals surface area contributed by atoms with E-state index in [1.165, 1.54) is 18.9 Å². The molecule has 2 N–H and O–H groups in total. The van der Waals surface area contributed by atoms with Gasteiger partial charge in [0.1, 0.15) is 5.82 Å². The van der Waals surface area contributed by atoms with Gasteiger partial charge in [0.2, 0.25) is 0 Å². The normalized spacial score (nSPS) is 25.7.